The number of Topliss-reactive ketones (excluding diaryl/α,β-unsaturated/α-hetero) is 1. The average Bonchev–Trinajstić information content (AvgIpc) is 3.06. The number of hydrogen-bond acceptors (Lipinski definition) is 3. The molecule has 4 rings (SSSR count). The van der Waals surface area contributed by atoms with E-state index < -0.39 is 0 Å². The van der Waals surface area contributed by atoms with Crippen LogP contribution in [0.25, 0.3) is 0 Å². The van der Waals surface area contributed by atoms with E-state index >= 15 is 0 Å². The van der Waals surface area contributed by atoms with Crippen LogP contribution in [0.5, 0.6) is 0 Å². The lowest BCUT2D eigenvalue weighted by molar-refractivity contribution is -0.195. The maximum Gasteiger partial charge on any atom is 0.157 e. The molecule has 1 heterocycles. The van der Waals surface area contributed by atoms with Gasteiger partial charge in [-0.25, -0.2) is 0 Å². The zero-order valence-corrected chi connectivity index (χ0v) is 12.5. The normalized spacial score (nSPS) is 50.6. The molecule has 3 aliphatic carbocycles. The van der Waals surface area contributed by atoms with E-state index in [1.54, 1.807) is 0 Å². The first-order valence-electron chi connectivity index (χ1n) is 8.42. The molecule has 3 nitrogen and oxygen atoms in total. The summed E-state index contributed by atoms with van der Waals surface area (Å²) in [6.07, 6.45) is 9.08. The first-order chi connectivity index (χ1) is 9.66. The fraction of sp³-hybridized carbons (Fsp3) is 0.941. The lowest BCUT2D eigenvalue weighted by Gasteiger charge is -2.47. The molecule has 0 amide bonds. The number of rotatable bonds is 3. The quantitative estimate of drug-likeness (QED) is 0.794. The summed E-state index contributed by atoms with van der Waals surface area (Å²) in [7, 11) is 0. The molecule has 0 aromatic carbocycles. The van der Waals surface area contributed by atoms with Crippen molar-refractivity contribution >= 4 is 5.78 Å². The summed E-state index contributed by atoms with van der Waals surface area (Å²) < 4.78 is 11.9. The molecule has 0 radical (unpaired) electrons. The Labute approximate surface area is 121 Å². The fourth-order valence-electron chi connectivity index (χ4n) is 5.81. The fourth-order valence-corrected chi connectivity index (χ4v) is 5.81. The van der Waals surface area contributed by atoms with E-state index in [1.165, 1.54) is 25.7 Å². The number of ether oxygens (including phenoxy) is 2. The Bertz CT molecular complexity index is 414. The predicted molar refractivity (Wildman–Crippen MR) is 75.2 cm³/mol. The number of carbonyl (C=O) groups excluding carboxylic acids is 1. The largest absolute Gasteiger partial charge is 0.353 e. The van der Waals surface area contributed by atoms with Gasteiger partial charge in [-0.15, -0.1) is 0 Å². The number of hydrogen-bond donors (Lipinski definition) is 0. The summed E-state index contributed by atoms with van der Waals surface area (Å²) in [6, 6.07) is 0. The van der Waals surface area contributed by atoms with Gasteiger partial charge in [-0.1, -0.05) is 13.3 Å². The van der Waals surface area contributed by atoms with E-state index in [4.69, 9.17) is 9.47 Å². The molecular formula is C17H26O3. The Balaban J connectivity index is 1.53. The molecule has 112 valence electrons. The SMILES string of the molecule is C[C@]12CCC[C@@]1(COC1CCCCO1)[C@H]1C[C@@H]2CC1=O. The molecule has 3 saturated carbocycles. The number of carbonyl (C=O) groups is 1. The highest BCUT2D eigenvalue weighted by atomic mass is 16.7. The maximum absolute atomic E-state index is 12.3. The van der Waals surface area contributed by atoms with E-state index in [2.05, 4.69) is 6.92 Å². The Kier molecular flexibility index (Phi) is 3.01. The Hall–Kier alpha value is -0.410. The lowest BCUT2D eigenvalue weighted by atomic mass is 9.59. The molecule has 2 bridgehead atoms. The van der Waals surface area contributed by atoms with Crippen molar-refractivity contribution in [1.82, 2.24) is 0 Å². The molecular weight excluding hydrogens is 252 g/mol. The highest BCUT2D eigenvalue weighted by molar-refractivity contribution is 5.86. The van der Waals surface area contributed by atoms with E-state index in [9.17, 15) is 4.79 Å². The molecule has 0 aromatic rings. The van der Waals surface area contributed by atoms with E-state index in [0.717, 1.165) is 38.9 Å². The van der Waals surface area contributed by atoms with Crippen molar-refractivity contribution in [3.63, 3.8) is 0 Å². The molecule has 4 fully saturated rings. The highest BCUT2D eigenvalue weighted by Gasteiger charge is 2.69. The minimum Gasteiger partial charge on any atom is -0.353 e. The third kappa shape index (κ3) is 1.62. The smallest absolute Gasteiger partial charge is 0.157 e. The van der Waals surface area contributed by atoms with Gasteiger partial charge < -0.3 is 9.47 Å². The van der Waals surface area contributed by atoms with E-state index in [1.807, 2.05) is 0 Å². The topological polar surface area (TPSA) is 35.5 Å². The zero-order chi connectivity index (χ0) is 13.8. The lowest BCUT2D eigenvalue weighted by Crippen LogP contribution is -2.48. The van der Waals surface area contributed by atoms with Crippen LogP contribution in [0.3, 0.4) is 0 Å². The minimum atomic E-state index is -0.0165. The molecule has 1 aliphatic heterocycles. The van der Waals surface area contributed by atoms with E-state index in [-0.39, 0.29) is 17.6 Å². The van der Waals surface area contributed by atoms with Crippen molar-refractivity contribution in [2.75, 3.05) is 13.2 Å². The zero-order valence-electron chi connectivity index (χ0n) is 12.5. The summed E-state index contributed by atoms with van der Waals surface area (Å²) in [5.74, 6) is 1.42. The standard InChI is InChI=1S/C17H26O3/c1-16-6-4-7-17(16,13-9-12(16)10-14(13)18)11-20-15-5-2-3-8-19-15/h12-13,15H,2-11H2,1H3/t12-,13+,15?,16-,17-/m1/s1. The van der Waals surface area contributed by atoms with Gasteiger partial charge in [0.1, 0.15) is 5.78 Å². The van der Waals surface area contributed by atoms with Gasteiger partial charge in [0.05, 0.1) is 6.61 Å². The third-order valence-corrected chi connectivity index (χ3v) is 7.05. The van der Waals surface area contributed by atoms with Crippen molar-refractivity contribution in [3.8, 4) is 0 Å². The van der Waals surface area contributed by atoms with Gasteiger partial charge in [-0.05, 0) is 49.9 Å². The second-order valence-corrected chi connectivity index (χ2v) is 7.69. The van der Waals surface area contributed by atoms with Gasteiger partial charge in [-0.3, -0.25) is 4.79 Å². The van der Waals surface area contributed by atoms with Crippen LogP contribution in [0.15, 0.2) is 0 Å². The maximum atomic E-state index is 12.3. The Morgan fingerprint density at radius 1 is 1.30 bits per heavy atom. The molecule has 4 aliphatic rings. The molecule has 0 spiro atoms. The first-order valence-corrected chi connectivity index (χ1v) is 8.42. The second-order valence-electron chi connectivity index (χ2n) is 7.69. The van der Waals surface area contributed by atoms with Crippen molar-refractivity contribution in [2.24, 2.45) is 22.7 Å². The molecule has 3 heteroatoms. The Morgan fingerprint density at radius 3 is 3.00 bits per heavy atom. The van der Waals surface area contributed by atoms with Gasteiger partial charge in [-0.2, -0.15) is 0 Å². The molecule has 20 heavy (non-hydrogen) atoms. The predicted octanol–water partition coefficient (Wildman–Crippen LogP) is 3.32. The number of ketones is 1. The van der Waals surface area contributed by atoms with Crippen molar-refractivity contribution in [2.45, 2.75) is 64.6 Å². The first kappa shape index (κ1) is 13.3. The summed E-state index contributed by atoms with van der Waals surface area (Å²) in [4.78, 5) is 12.3. The van der Waals surface area contributed by atoms with Crippen molar-refractivity contribution in [3.05, 3.63) is 0 Å². The third-order valence-electron chi connectivity index (χ3n) is 7.05. The molecule has 0 aromatic heterocycles. The Morgan fingerprint density at radius 2 is 2.20 bits per heavy atom. The van der Waals surface area contributed by atoms with Crippen molar-refractivity contribution < 1.29 is 14.3 Å². The van der Waals surface area contributed by atoms with Crippen LogP contribution in [-0.4, -0.2) is 25.3 Å². The minimum absolute atomic E-state index is 0.0165. The van der Waals surface area contributed by atoms with Gasteiger partial charge in [0, 0.05) is 24.4 Å². The molecule has 0 N–H and O–H groups in total. The second kappa shape index (κ2) is 4.54. The van der Waals surface area contributed by atoms with E-state index in [0.29, 0.717) is 17.1 Å². The van der Waals surface area contributed by atoms with Crippen molar-refractivity contribution in [1.29, 1.82) is 0 Å². The molecule has 1 saturated heterocycles. The molecule has 1 unspecified atom stereocenters. The van der Waals surface area contributed by atoms with Gasteiger partial charge in [0.25, 0.3) is 0 Å². The van der Waals surface area contributed by atoms with Crippen LogP contribution in [0.4, 0.5) is 0 Å². The average molecular weight is 278 g/mol. The summed E-state index contributed by atoms with van der Waals surface area (Å²) in [5, 5.41) is 0. The number of fused-ring (bicyclic) bond motifs is 5. The van der Waals surface area contributed by atoms with Crippen LogP contribution < -0.4 is 0 Å². The summed E-state index contributed by atoms with van der Waals surface area (Å²) >= 11 is 0. The summed E-state index contributed by atoms with van der Waals surface area (Å²) in [5.41, 5.74) is 0.480. The van der Waals surface area contributed by atoms with Gasteiger partial charge >= 0.3 is 0 Å². The van der Waals surface area contributed by atoms with Gasteiger partial charge in [0.15, 0.2) is 6.29 Å². The van der Waals surface area contributed by atoms with Crippen LogP contribution in [-0.2, 0) is 14.3 Å². The van der Waals surface area contributed by atoms with Gasteiger partial charge in [0.2, 0.25) is 0 Å². The van der Waals surface area contributed by atoms with Crippen LogP contribution in [0.1, 0.15) is 58.3 Å². The summed E-state index contributed by atoms with van der Waals surface area (Å²) in [6.45, 7) is 4.02. The molecule has 5 atom stereocenters. The monoisotopic (exact) mass is 278 g/mol. The van der Waals surface area contributed by atoms with Crippen LogP contribution >= 0.6 is 0 Å². The van der Waals surface area contributed by atoms with Crippen LogP contribution in [0.2, 0.25) is 0 Å². The van der Waals surface area contributed by atoms with Crippen LogP contribution in [0, 0.1) is 22.7 Å². The highest BCUT2D eigenvalue weighted by Crippen LogP contribution is 2.72.